The first kappa shape index (κ1) is 103. The van der Waals surface area contributed by atoms with Gasteiger partial charge in [-0.05, 0) is 183 Å². The molecule has 0 radical (unpaired) electrons. The summed E-state index contributed by atoms with van der Waals surface area (Å²) in [7, 11) is 17.4. The number of benzene rings is 7. The van der Waals surface area contributed by atoms with Crippen LogP contribution in [-0.2, 0) is 83.9 Å². The maximum Gasteiger partial charge on any atom is 0.409 e. The van der Waals surface area contributed by atoms with E-state index in [0.29, 0.717) is 174 Å². The minimum absolute atomic E-state index is 0.0170. The Morgan fingerprint density at radius 3 is 1.37 bits per heavy atom. The molecule has 4 saturated heterocycles. The van der Waals surface area contributed by atoms with Crippen LogP contribution in [0.4, 0.5) is 9.59 Å². The van der Waals surface area contributed by atoms with Crippen LogP contribution in [0.5, 0.6) is 51.7 Å². The van der Waals surface area contributed by atoms with Crippen LogP contribution in [0, 0.1) is 6.92 Å². The van der Waals surface area contributed by atoms with Gasteiger partial charge in [-0.2, -0.15) is 0 Å². The summed E-state index contributed by atoms with van der Waals surface area (Å²) in [4.78, 5) is 125. The molecule has 0 spiro atoms. The van der Waals surface area contributed by atoms with Crippen LogP contribution in [0.15, 0.2) is 136 Å². The molecule has 11 aromatic rings. The molecule has 4 aromatic heterocycles. The van der Waals surface area contributed by atoms with Gasteiger partial charge in [0.15, 0.2) is 34.5 Å². The molecule has 4 amide bonds. The molecule has 142 heavy (non-hydrogen) atoms. The molecule has 17 rings (SSSR count). The minimum atomic E-state index is -0.515. The zero-order chi connectivity index (χ0) is 99.5. The number of amides is 4. The number of aryl methyl sites for hydroxylation is 1. The van der Waals surface area contributed by atoms with Crippen molar-refractivity contribution in [2.45, 2.75) is 197 Å². The zero-order valence-electron chi connectivity index (χ0n) is 81.4. The quantitative estimate of drug-likeness (QED) is 0.00906. The maximum atomic E-state index is 14.3. The van der Waals surface area contributed by atoms with Crippen LogP contribution in [0.3, 0.4) is 0 Å². The molecular weight excluding hydrogens is 1900 g/mol. The van der Waals surface area contributed by atoms with E-state index in [9.17, 15) is 48.6 Å². The first-order chi connectivity index (χ1) is 69.1. The van der Waals surface area contributed by atoms with Gasteiger partial charge in [-0.3, -0.25) is 48.5 Å². The van der Waals surface area contributed by atoms with Gasteiger partial charge in [0.1, 0.15) is 42.7 Å². The highest BCUT2D eigenvalue weighted by atomic mass is 33.1. The number of esters is 2. The summed E-state index contributed by atoms with van der Waals surface area (Å²) < 4.78 is 76.5. The fourth-order valence-electron chi connectivity index (χ4n) is 20.1. The molecule has 6 aliphatic heterocycles. The Morgan fingerprint density at radius 1 is 0.465 bits per heavy atom. The van der Waals surface area contributed by atoms with Crippen molar-refractivity contribution in [1.82, 2.24) is 49.3 Å². The summed E-state index contributed by atoms with van der Waals surface area (Å²) in [6.07, 6.45) is 17.1. The largest absolute Gasteiger partial charge is 0.497 e. The van der Waals surface area contributed by atoms with Crippen molar-refractivity contribution in [1.29, 1.82) is 0 Å². The normalized spacial score (nSPS) is 17.3. The van der Waals surface area contributed by atoms with Crippen molar-refractivity contribution in [3.63, 3.8) is 0 Å². The van der Waals surface area contributed by atoms with Gasteiger partial charge in [-0.15, -0.1) is 0 Å². The molecule has 10 heterocycles. The average Bonchev–Trinajstić information content (AvgIpc) is 1.00. The third-order valence-corrected chi connectivity index (χ3v) is 32.2. The third kappa shape index (κ3) is 25.0. The van der Waals surface area contributed by atoms with E-state index in [1.165, 1.54) is 29.8 Å². The van der Waals surface area contributed by atoms with Crippen LogP contribution < -0.4 is 64.4 Å². The van der Waals surface area contributed by atoms with Crippen LogP contribution in [-0.4, -0.2) is 248 Å². The number of aliphatic hydroxyl groups is 2. The lowest BCUT2D eigenvalue weighted by Gasteiger charge is -2.48. The summed E-state index contributed by atoms with van der Waals surface area (Å²) in [6.45, 7) is 6.07. The summed E-state index contributed by atoms with van der Waals surface area (Å²) in [5.74, 6) is 6.47. The van der Waals surface area contributed by atoms with E-state index >= 15 is 0 Å². The van der Waals surface area contributed by atoms with Gasteiger partial charge < -0.3 is 101 Å². The summed E-state index contributed by atoms with van der Waals surface area (Å²) >= 11 is 0. The lowest BCUT2D eigenvalue weighted by molar-refractivity contribution is -0.155. The Balaban J connectivity index is 0.000000205. The van der Waals surface area contributed by atoms with Gasteiger partial charge in [-0.25, -0.2) is 9.59 Å². The molecule has 4 bridgehead atoms. The Labute approximate surface area is 839 Å². The highest BCUT2D eigenvalue weighted by molar-refractivity contribution is 8.77. The van der Waals surface area contributed by atoms with Gasteiger partial charge in [-0.1, -0.05) is 80.3 Å². The van der Waals surface area contributed by atoms with Crippen LogP contribution >= 0.6 is 43.2 Å². The average molecular weight is 2020 g/mol. The van der Waals surface area contributed by atoms with Crippen LogP contribution in [0.25, 0.3) is 65.2 Å². The van der Waals surface area contributed by atoms with E-state index in [1.807, 2.05) is 55.5 Å². The topological polar surface area (TPSA) is 370 Å². The molecule has 37 heteroatoms. The zero-order valence-corrected chi connectivity index (χ0v) is 84.7. The summed E-state index contributed by atoms with van der Waals surface area (Å²) in [5.41, 5.74) is 6.71. The Hall–Kier alpha value is -11.8. The maximum absolute atomic E-state index is 14.3. The molecule has 0 saturated carbocycles. The van der Waals surface area contributed by atoms with Crippen molar-refractivity contribution >= 4 is 144 Å². The Bertz CT molecular complexity index is 6510. The number of pyridine rings is 4. The number of rotatable bonds is 43. The summed E-state index contributed by atoms with van der Waals surface area (Å²) in [6, 6.07) is 34.5. The first-order valence-corrected chi connectivity index (χ1v) is 53.3. The standard InChI is InChI=1S/C55H63N5O11S2.C50H61N5O12S2/c1-34-22-43-44(27-48(34)67-4)54(64)60(53-45-28-49-50(70-33-69-49)29-47(45)57-30-46(43)53)20-19-58(2)55(65)68-32-35-10-14-42(15-11-35)73-72-21-16-51(62)56-17-5-6-18-59-38-8-7-9-39(59)26-41(25-38)71-52(63)24-37-23-40(66-3)13-12-36(37)31-61;1-53(15-16-55-48-39-26-44-45(66-30-65-44)27-41(39)52-28-40(48)37-24-42(62-3)43(63-4)25-38(37)49(55)59)50(60)64-17-19-69-68-18-12-46(57)51-13-5-6-14-54-33-8-7-9-34(54)23-36(22-33)67-47(58)21-32-20-35(61-2)11-10-31(32)29-56/h10-15,22-23,27-30,38-39,41,61H,5-9,16-21,24-26,31-33H2,1-4H3,(H,56,62);10-11,20,24-28,33-34,36,56H,5-9,12-19,21-23,29-30H2,1-4H3,(H,51,57). The number of nitrogens with zero attached hydrogens (tertiary/aromatic N) is 8. The van der Waals surface area contributed by atoms with Crippen LogP contribution in [0.1, 0.15) is 136 Å². The molecule has 4 fully saturated rings. The van der Waals surface area contributed by atoms with E-state index in [1.54, 1.807) is 168 Å². The number of carbonyl (C=O) groups excluding carboxylic acids is 6. The molecule has 4 atom stereocenters. The molecule has 0 aliphatic carbocycles. The van der Waals surface area contributed by atoms with E-state index in [2.05, 4.69) is 20.4 Å². The van der Waals surface area contributed by atoms with Gasteiger partial charge in [0, 0.05) is 190 Å². The lowest BCUT2D eigenvalue weighted by atomic mass is 9.82. The molecule has 6 aliphatic rings. The number of piperidine rings is 4. The first-order valence-electron chi connectivity index (χ1n) is 48.5. The summed E-state index contributed by atoms with van der Waals surface area (Å²) in [5, 5.41) is 30.9. The van der Waals surface area contributed by atoms with E-state index < -0.39 is 12.2 Å². The number of unbranched alkanes of at least 4 members (excludes halogenated alkanes) is 2. The number of aliphatic hydroxyl groups excluding tert-OH is 2. The number of nitrogens with one attached hydrogen (secondary N) is 2. The fraction of sp³-hybridized carbons (Fsp3) is 0.467. The predicted molar refractivity (Wildman–Crippen MR) is 549 cm³/mol. The molecule has 4 N–H and O–H groups in total. The van der Waals surface area contributed by atoms with E-state index in [0.717, 1.165) is 139 Å². The van der Waals surface area contributed by atoms with Crippen molar-refractivity contribution in [2.75, 3.05) is 126 Å². The molecular formula is C105H124N10O23S4. The monoisotopic (exact) mass is 2020 g/mol. The second kappa shape index (κ2) is 49.0. The van der Waals surface area contributed by atoms with E-state index in [4.69, 9.17) is 71.5 Å². The molecule has 33 nitrogen and oxygen atoms in total. The highest BCUT2D eigenvalue weighted by Crippen LogP contribution is 2.45. The third-order valence-electron chi connectivity index (χ3n) is 27.4. The highest BCUT2D eigenvalue weighted by Gasteiger charge is 2.42. The lowest BCUT2D eigenvalue weighted by Crippen LogP contribution is -2.54. The molecule has 4 unspecified atom stereocenters. The smallest absolute Gasteiger partial charge is 0.409 e. The second-order valence-corrected chi connectivity index (χ2v) is 41.6. The van der Waals surface area contributed by atoms with Gasteiger partial charge in [0.05, 0.1) is 94.4 Å². The number of aromatic nitrogens is 4. The number of ether oxygens (including phenoxy) is 13. The number of methoxy groups -OCH3 is 5. The predicted octanol–water partition coefficient (Wildman–Crippen LogP) is 15.6. The van der Waals surface area contributed by atoms with Crippen molar-refractivity contribution in [3.8, 4) is 51.7 Å². The second-order valence-electron chi connectivity index (χ2n) is 36.4. The SMILES string of the molecule is COc1ccc(CO)c(CC(=O)OC2CC3CCCC(C2)N3CCCCNC(=O)CCSSCCOC(=O)N(C)CCn2c(=O)c3cc(OC)c(OC)cc3c3cnc4cc5c(cc4c32)OCO5)c1.COc1ccc(CO)c(CC(=O)OC2CC3CCCC(C2)N3CCCCNC(=O)CCSSc2ccc(COC(=O)N(C)CCn3c(=O)c4cc(OC)c(C)cc4c4cnc5cc6c(cc5c43)OCO6)cc2)c1. The number of hydrogen-bond donors (Lipinski definition) is 4. The van der Waals surface area contributed by atoms with Crippen molar-refractivity contribution in [2.24, 2.45) is 0 Å². The van der Waals surface area contributed by atoms with Crippen molar-refractivity contribution in [3.05, 3.63) is 176 Å². The number of likely N-dealkylation sites (N-methyl/N-ethyl adjacent to an activating group) is 2. The van der Waals surface area contributed by atoms with Gasteiger partial charge >= 0.3 is 24.1 Å². The van der Waals surface area contributed by atoms with Crippen molar-refractivity contribution < 1.29 is 101 Å². The van der Waals surface area contributed by atoms with Gasteiger partial charge in [0.25, 0.3) is 11.1 Å². The molecule has 756 valence electrons. The Morgan fingerprint density at radius 2 is 0.901 bits per heavy atom. The number of fused-ring (bicyclic) bond motifs is 16. The molecule has 7 aromatic carbocycles. The minimum Gasteiger partial charge on any atom is -0.497 e. The fourth-order valence-corrected chi connectivity index (χ4v) is 23.9. The number of hydrogen-bond acceptors (Lipinski definition) is 31. The van der Waals surface area contributed by atoms with Gasteiger partial charge in [0.2, 0.25) is 25.4 Å². The van der Waals surface area contributed by atoms with E-state index in [-0.39, 0.29) is 126 Å². The number of carbonyl (C=O) groups is 6. The Kier molecular flexibility index (Phi) is 35.5. The van der Waals surface area contributed by atoms with Crippen LogP contribution in [0.2, 0.25) is 0 Å².